The molecular weight excluding hydrogens is 432 g/mol. The minimum atomic E-state index is -0.963. The van der Waals surface area contributed by atoms with E-state index in [1.165, 1.54) is 14.2 Å². The number of carboxylic acids is 1. The number of benzene rings is 2. The first-order valence-corrected chi connectivity index (χ1v) is 9.35. The Bertz CT molecular complexity index is 1100. The van der Waals surface area contributed by atoms with Gasteiger partial charge >= 0.3 is 24.2 Å². The van der Waals surface area contributed by atoms with Crippen LogP contribution in [0, 0.1) is 6.92 Å². The second-order valence-electron chi connectivity index (χ2n) is 6.31. The smallest absolute Gasteiger partial charge is 0.339 e. The quantitative estimate of drug-likeness (QED) is 0.344. The van der Waals surface area contributed by atoms with Crippen LogP contribution in [0.2, 0.25) is 0 Å². The van der Waals surface area contributed by atoms with Crippen LogP contribution < -0.4 is 18.9 Å². The summed E-state index contributed by atoms with van der Waals surface area (Å²) < 4.78 is 22.0. The molecule has 0 fully saturated rings. The van der Waals surface area contributed by atoms with Crippen LogP contribution in [0.5, 0.6) is 23.0 Å². The lowest BCUT2D eigenvalue weighted by Crippen LogP contribution is -2.06. The molecule has 174 valence electrons. The van der Waals surface area contributed by atoms with Crippen molar-refractivity contribution in [1.29, 1.82) is 0 Å². The maximum atomic E-state index is 11.2. The summed E-state index contributed by atoms with van der Waals surface area (Å²) in [5, 5.41) is 9.18. The van der Waals surface area contributed by atoms with Gasteiger partial charge in [0.2, 0.25) is 11.5 Å². The Labute approximate surface area is 190 Å². The fourth-order valence-electron chi connectivity index (χ4n) is 3.03. The van der Waals surface area contributed by atoms with Crippen molar-refractivity contribution < 1.29 is 43.2 Å². The van der Waals surface area contributed by atoms with Gasteiger partial charge < -0.3 is 35.1 Å². The first kappa shape index (κ1) is 26.6. The van der Waals surface area contributed by atoms with Gasteiger partial charge in [-0.15, -0.1) is 0 Å². The summed E-state index contributed by atoms with van der Waals surface area (Å²) in [6.07, 6.45) is 1.69. The molecule has 0 spiro atoms. The van der Waals surface area contributed by atoms with E-state index in [4.69, 9.17) is 30.0 Å². The SMILES string of the molecule is COc1c(C)c(Cc2cccc(C(=O)O)c2)c(OC)c(OC)c1OC.[N-]=[N+]=CC(=O)C=[N+]=[N-]. The predicted octanol–water partition coefficient (Wildman–Crippen LogP) is 2.48. The van der Waals surface area contributed by atoms with Gasteiger partial charge in [0.25, 0.3) is 0 Å². The highest BCUT2D eigenvalue weighted by Crippen LogP contribution is 2.49. The normalized spacial score (nSPS) is 9.24. The van der Waals surface area contributed by atoms with E-state index in [2.05, 4.69) is 9.58 Å². The largest absolute Gasteiger partial charge is 0.492 e. The topological polar surface area (TPSA) is 164 Å². The number of ether oxygens (including phenoxy) is 4. The zero-order valence-corrected chi connectivity index (χ0v) is 18.9. The zero-order valence-electron chi connectivity index (χ0n) is 18.9. The number of rotatable bonds is 9. The molecule has 2 aromatic carbocycles. The first-order chi connectivity index (χ1) is 15.8. The lowest BCUT2D eigenvalue weighted by molar-refractivity contribution is -0.113. The molecule has 0 heterocycles. The molecule has 11 heteroatoms. The Morgan fingerprint density at radius 1 is 0.909 bits per heavy atom. The third-order valence-electron chi connectivity index (χ3n) is 4.43. The van der Waals surface area contributed by atoms with Crippen molar-refractivity contribution in [2.24, 2.45) is 0 Å². The summed E-state index contributed by atoms with van der Waals surface area (Å²) in [6.45, 7) is 1.90. The summed E-state index contributed by atoms with van der Waals surface area (Å²) in [4.78, 5) is 26.0. The maximum Gasteiger partial charge on any atom is 0.339 e. The summed E-state index contributed by atoms with van der Waals surface area (Å²) in [5.74, 6) is 0.368. The monoisotopic (exact) mass is 456 g/mol. The lowest BCUT2D eigenvalue weighted by Gasteiger charge is -2.21. The van der Waals surface area contributed by atoms with Crippen molar-refractivity contribution in [1.82, 2.24) is 0 Å². The molecular formula is C22H24N4O7. The highest BCUT2D eigenvalue weighted by molar-refractivity contribution is 6.50. The highest BCUT2D eigenvalue weighted by atomic mass is 16.5. The van der Waals surface area contributed by atoms with Gasteiger partial charge in [-0.25, -0.2) is 4.79 Å². The number of carboxylic acid groups (broad SMARTS) is 1. The molecule has 0 amide bonds. The summed E-state index contributed by atoms with van der Waals surface area (Å²) in [6, 6.07) is 6.79. The Morgan fingerprint density at radius 2 is 1.42 bits per heavy atom. The molecule has 33 heavy (non-hydrogen) atoms. The average molecular weight is 456 g/mol. The summed E-state index contributed by atoms with van der Waals surface area (Å²) >= 11 is 0. The standard InChI is InChI=1S/C19H22O6.C3H2N4O/c1-11-14(10-12-7-6-8-13(9-12)19(20)21)16(23-3)18(25-5)17(24-4)15(11)22-2;4-6-1-3(8)2-7-5/h6-9H,10H2,1-5H3,(H,20,21);1-2H. The third-order valence-corrected chi connectivity index (χ3v) is 4.43. The molecule has 0 atom stereocenters. The van der Waals surface area contributed by atoms with Gasteiger partial charge in [0, 0.05) is 17.5 Å². The third kappa shape index (κ3) is 6.76. The molecule has 0 saturated heterocycles. The molecule has 0 saturated carbocycles. The van der Waals surface area contributed by atoms with Crippen LogP contribution in [-0.4, -0.2) is 67.3 Å². The molecule has 11 nitrogen and oxygen atoms in total. The van der Waals surface area contributed by atoms with Crippen LogP contribution >= 0.6 is 0 Å². The molecule has 0 bridgehead atoms. The lowest BCUT2D eigenvalue weighted by atomic mass is 9.96. The number of Topliss-reactive ketones (excluding diaryl/α,β-unsaturated/α-hetero) is 1. The molecule has 1 N–H and O–H groups in total. The van der Waals surface area contributed by atoms with Gasteiger partial charge in [-0.3, -0.25) is 4.79 Å². The van der Waals surface area contributed by atoms with Crippen molar-refractivity contribution in [3.05, 3.63) is 57.6 Å². The molecule has 0 aromatic heterocycles. The van der Waals surface area contributed by atoms with Crippen LogP contribution in [0.4, 0.5) is 0 Å². The number of aromatic carboxylic acids is 1. The van der Waals surface area contributed by atoms with Crippen molar-refractivity contribution in [2.75, 3.05) is 28.4 Å². The molecule has 2 aromatic rings. The first-order valence-electron chi connectivity index (χ1n) is 9.35. The van der Waals surface area contributed by atoms with Crippen LogP contribution in [0.25, 0.3) is 11.1 Å². The number of hydrogen-bond donors (Lipinski definition) is 1. The van der Waals surface area contributed by atoms with Crippen LogP contribution in [0.3, 0.4) is 0 Å². The van der Waals surface area contributed by atoms with E-state index in [9.17, 15) is 14.7 Å². The number of ketones is 1. The number of nitrogens with zero attached hydrogens (tertiary/aromatic N) is 4. The Hall–Kier alpha value is -4.46. The molecule has 0 aliphatic rings. The van der Waals surface area contributed by atoms with Crippen LogP contribution in [-0.2, 0) is 11.2 Å². The Kier molecular flexibility index (Phi) is 10.5. The summed E-state index contributed by atoms with van der Waals surface area (Å²) in [5.41, 5.74) is 18.1. The van der Waals surface area contributed by atoms with Gasteiger partial charge in [0.1, 0.15) is 0 Å². The van der Waals surface area contributed by atoms with Gasteiger partial charge in [0.15, 0.2) is 11.5 Å². The van der Waals surface area contributed by atoms with Crippen LogP contribution in [0.1, 0.15) is 27.0 Å². The number of carbonyl (C=O) groups is 2. The van der Waals surface area contributed by atoms with Crippen molar-refractivity contribution in [3.8, 4) is 23.0 Å². The molecule has 0 aliphatic heterocycles. The van der Waals surface area contributed by atoms with E-state index in [-0.39, 0.29) is 5.56 Å². The van der Waals surface area contributed by atoms with Crippen molar-refractivity contribution in [2.45, 2.75) is 13.3 Å². The van der Waals surface area contributed by atoms with E-state index >= 15 is 0 Å². The summed E-state index contributed by atoms with van der Waals surface area (Å²) in [7, 11) is 6.19. The van der Waals surface area contributed by atoms with Crippen LogP contribution in [0.15, 0.2) is 24.3 Å². The van der Waals surface area contributed by atoms with E-state index in [1.54, 1.807) is 32.4 Å². The molecule has 2 rings (SSSR count). The predicted molar refractivity (Wildman–Crippen MR) is 118 cm³/mol. The number of carbonyl (C=O) groups excluding carboxylic acids is 1. The molecule has 0 aliphatic carbocycles. The maximum absolute atomic E-state index is 11.2. The fraction of sp³-hybridized carbons (Fsp3) is 0.273. The zero-order chi connectivity index (χ0) is 25.0. The van der Waals surface area contributed by atoms with Crippen molar-refractivity contribution >= 4 is 24.2 Å². The second kappa shape index (κ2) is 13.1. The second-order valence-corrected chi connectivity index (χ2v) is 6.31. The van der Waals surface area contributed by atoms with E-state index in [1.807, 2.05) is 13.0 Å². The highest BCUT2D eigenvalue weighted by Gasteiger charge is 2.25. The van der Waals surface area contributed by atoms with E-state index < -0.39 is 11.8 Å². The minimum absolute atomic E-state index is 0.238. The average Bonchev–Trinajstić information content (AvgIpc) is 2.80. The minimum Gasteiger partial charge on any atom is -0.492 e. The number of methoxy groups -OCH3 is 4. The fourth-order valence-corrected chi connectivity index (χ4v) is 3.03. The molecule has 0 radical (unpaired) electrons. The van der Waals surface area contributed by atoms with Gasteiger partial charge in [-0.2, -0.15) is 9.58 Å². The number of hydrogen-bond acceptors (Lipinski definition) is 6. The van der Waals surface area contributed by atoms with Gasteiger partial charge in [-0.1, -0.05) is 12.1 Å². The van der Waals surface area contributed by atoms with Gasteiger partial charge in [-0.05, 0) is 24.6 Å². The van der Waals surface area contributed by atoms with Gasteiger partial charge in [0.05, 0.1) is 34.0 Å². The Morgan fingerprint density at radius 3 is 1.88 bits per heavy atom. The molecule has 0 unspecified atom stereocenters. The van der Waals surface area contributed by atoms with Crippen molar-refractivity contribution in [3.63, 3.8) is 0 Å². The van der Waals surface area contributed by atoms with E-state index in [0.29, 0.717) is 41.8 Å². The van der Waals surface area contributed by atoms with E-state index in [0.717, 1.165) is 16.7 Å². The Balaban J connectivity index is 0.000000582.